The normalized spacial score (nSPS) is 15.5. The number of nitrogens with zero attached hydrogens (tertiary/aromatic N) is 3. The molecular weight excluding hydrogens is 500 g/mol. The molecule has 0 radical (unpaired) electrons. The topological polar surface area (TPSA) is 149 Å². The maximum atomic E-state index is 12.9. The summed E-state index contributed by atoms with van der Waals surface area (Å²) in [4.78, 5) is 35.4. The summed E-state index contributed by atoms with van der Waals surface area (Å²) in [5.41, 5.74) is 7.28. The van der Waals surface area contributed by atoms with Crippen LogP contribution in [-0.2, 0) is 40.0 Å². The number of thiazole rings is 1. The fourth-order valence-corrected chi connectivity index (χ4v) is 6.15. The molecule has 1 unspecified atom stereocenters. The van der Waals surface area contributed by atoms with E-state index in [1.165, 1.54) is 26.8 Å². The van der Waals surface area contributed by atoms with Gasteiger partial charge in [0.25, 0.3) is 5.56 Å². The zero-order valence-electron chi connectivity index (χ0n) is 19.8. The van der Waals surface area contributed by atoms with Crippen molar-refractivity contribution in [2.24, 2.45) is 4.99 Å². The van der Waals surface area contributed by atoms with Gasteiger partial charge in [-0.05, 0) is 37.5 Å². The second-order valence-electron chi connectivity index (χ2n) is 8.58. The number of aliphatic imine (C=N–C) groups is 1. The van der Waals surface area contributed by atoms with E-state index in [9.17, 15) is 18.0 Å². The molecule has 1 aliphatic carbocycles. The van der Waals surface area contributed by atoms with E-state index in [1.54, 1.807) is 49.5 Å². The number of hydrogen-bond donors (Lipinski definition) is 3. The molecule has 0 bridgehead atoms. The number of nitrogens with two attached hydrogens (primary N) is 1. The van der Waals surface area contributed by atoms with Gasteiger partial charge >= 0.3 is 0 Å². The SMILES string of the molecule is Cc1ccc(NS(=O)(=O)Cc2ccccc2)c(=O)n1CC(=O)NCC=NC1CCc2nc(N)sc2C1. The minimum absolute atomic E-state index is 0.105. The first-order chi connectivity index (χ1) is 17.2. The van der Waals surface area contributed by atoms with Crippen LogP contribution >= 0.6 is 11.3 Å². The van der Waals surface area contributed by atoms with Gasteiger partial charge in [0.15, 0.2) is 5.13 Å². The Hall–Kier alpha value is -3.51. The second kappa shape index (κ2) is 11.0. The molecule has 0 aliphatic heterocycles. The van der Waals surface area contributed by atoms with E-state index in [2.05, 4.69) is 20.0 Å². The molecule has 0 fully saturated rings. The highest BCUT2D eigenvalue weighted by Gasteiger charge is 2.21. The summed E-state index contributed by atoms with van der Waals surface area (Å²) in [7, 11) is -3.81. The molecular formula is C24H28N6O4S2. The summed E-state index contributed by atoms with van der Waals surface area (Å²) in [5.74, 6) is -0.642. The molecule has 0 saturated heterocycles. The molecule has 1 atom stereocenters. The lowest BCUT2D eigenvalue weighted by molar-refractivity contribution is -0.121. The maximum Gasteiger partial charge on any atom is 0.275 e. The predicted molar refractivity (Wildman–Crippen MR) is 142 cm³/mol. The minimum atomic E-state index is -3.81. The maximum absolute atomic E-state index is 12.9. The molecule has 190 valence electrons. The predicted octanol–water partition coefficient (Wildman–Crippen LogP) is 1.88. The third-order valence-electron chi connectivity index (χ3n) is 5.80. The first kappa shape index (κ1) is 25.6. The summed E-state index contributed by atoms with van der Waals surface area (Å²) in [6.07, 6.45) is 4.17. The van der Waals surface area contributed by atoms with E-state index in [-0.39, 0.29) is 36.5 Å². The van der Waals surface area contributed by atoms with Crippen LogP contribution in [0.25, 0.3) is 0 Å². The molecule has 2 heterocycles. The highest BCUT2D eigenvalue weighted by molar-refractivity contribution is 7.91. The fraction of sp³-hybridized carbons (Fsp3) is 0.333. The largest absolute Gasteiger partial charge is 0.375 e. The van der Waals surface area contributed by atoms with Crippen LogP contribution in [0.2, 0.25) is 0 Å². The molecule has 2 aromatic heterocycles. The first-order valence-electron chi connectivity index (χ1n) is 11.5. The lowest BCUT2D eigenvalue weighted by Crippen LogP contribution is -2.35. The number of anilines is 2. The van der Waals surface area contributed by atoms with Crippen molar-refractivity contribution < 1.29 is 13.2 Å². The van der Waals surface area contributed by atoms with Gasteiger partial charge in [0.05, 0.1) is 24.0 Å². The van der Waals surface area contributed by atoms with E-state index < -0.39 is 15.6 Å². The van der Waals surface area contributed by atoms with Crippen LogP contribution in [0.15, 0.2) is 52.3 Å². The van der Waals surface area contributed by atoms with Crippen molar-refractivity contribution in [1.82, 2.24) is 14.9 Å². The number of sulfonamides is 1. The van der Waals surface area contributed by atoms with Crippen molar-refractivity contribution >= 4 is 44.3 Å². The Balaban J connectivity index is 1.33. The quantitative estimate of drug-likeness (QED) is 0.361. The summed E-state index contributed by atoms with van der Waals surface area (Å²) in [6.45, 7) is 1.67. The van der Waals surface area contributed by atoms with Gasteiger partial charge in [-0.25, -0.2) is 13.4 Å². The van der Waals surface area contributed by atoms with Crippen LogP contribution in [0.3, 0.4) is 0 Å². The van der Waals surface area contributed by atoms with Crippen molar-refractivity contribution in [2.45, 2.75) is 44.5 Å². The minimum Gasteiger partial charge on any atom is -0.375 e. The first-order valence-corrected chi connectivity index (χ1v) is 13.9. The zero-order valence-corrected chi connectivity index (χ0v) is 21.4. The standard InChI is InChI=1S/C24H28N6O4S2/c1-16-7-9-20(29-36(33,34)15-17-5-3-2-4-6-17)23(32)30(16)14-22(31)27-12-11-26-18-8-10-19-21(13-18)35-24(25)28-19/h2-7,9,11,18,29H,8,10,12-15H2,1H3,(H2,25,28)(H,27,31). The number of amides is 1. The second-order valence-corrected chi connectivity index (χ2v) is 11.4. The van der Waals surface area contributed by atoms with Crippen LogP contribution in [0.1, 0.15) is 28.2 Å². The number of aromatic nitrogens is 2. The highest BCUT2D eigenvalue weighted by Crippen LogP contribution is 2.29. The van der Waals surface area contributed by atoms with Crippen molar-refractivity contribution in [3.63, 3.8) is 0 Å². The number of fused-ring (bicyclic) bond motifs is 1. The number of nitrogen functional groups attached to an aromatic ring is 1. The van der Waals surface area contributed by atoms with E-state index >= 15 is 0 Å². The fourth-order valence-electron chi connectivity index (χ4n) is 4.01. The Kier molecular flexibility index (Phi) is 7.85. The van der Waals surface area contributed by atoms with Crippen LogP contribution in [-0.4, -0.2) is 42.7 Å². The number of nitrogens with one attached hydrogen (secondary N) is 2. The summed E-state index contributed by atoms with van der Waals surface area (Å²) in [5, 5.41) is 3.31. The summed E-state index contributed by atoms with van der Waals surface area (Å²) >= 11 is 1.49. The lowest BCUT2D eigenvalue weighted by Gasteiger charge is -2.17. The third kappa shape index (κ3) is 6.58. The van der Waals surface area contributed by atoms with Gasteiger partial charge < -0.3 is 15.6 Å². The van der Waals surface area contributed by atoms with Gasteiger partial charge in [0.2, 0.25) is 15.9 Å². The van der Waals surface area contributed by atoms with Gasteiger partial charge in [-0.15, -0.1) is 11.3 Å². The Bertz CT molecular complexity index is 1430. The summed E-state index contributed by atoms with van der Waals surface area (Å²) < 4.78 is 28.7. The Morgan fingerprint density at radius 2 is 2.06 bits per heavy atom. The number of benzene rings is 1. The van der Waals surface area contributed by atoms with Gasteiger partial charge in [0.1, 0.15) is 12.2 Å². The molecule has 1 amide bonds. The Morgan fingerprint density at radius 3 is 2.83 bits per heavy atom. The van der Waals surface area contributed by atoms with Crippen LogP contribution in [0.4, 0.5) is 10.8 Å². The van der Waals surface area contributed by atoms with Gasteiger partial charge in [-0.1, -0.05) is 30.3 Å². The Labute approximate surface area is 213 Å². The average molecular weight is 529 g/mol. The molecule has 12 heteroatoms. The third-order valence-corrected chi connectivity index (χ3v) is 7.99. The summed E-state index contributed by atoms with van der Waals surface area (Å²) in [6, 6.07) is 11.8. The number of aryl methyl sites for hydroxylation is 2. The molecule has 36 heavy (non-hydrogen) atoms. The molecule has 3 aromatic rings. The van der Waals surface area contributed by atoms with Crippen LogP contribution in [0, 0.1) is 6.92 Å². The molecule has 10 nitrogen and oxygen atoms in total. The highest BCUT2D eigenvalue weighted by atomic mass is 32.2. The zero-order chi connectivity index (χ0) is 25.7. The van der Waals surface area contributed by atoms with Gasteiger partial charge in [0, 0.05) is 23.2 Å². The van der Waals surface area contributed by atoms with Crippen molar-refractivity contribution in [3.8, 4) is 0 Å². The van der Waals surface area contributed by atoms with Crippen molar-refractivity contribution in [3.05, 3.63) is 74.6 Å². The van der Waals surface area contributed by atoms with E-state index in [0.29, 0.717) is 16.4 Å². The number of carbonyl (C=O) groups excluding carboxylic acids is 1. The molecule has 0 saturated carbocycles. The molecule has 1 aliphatic rings. The molecule has 1 aromatic carbocycles. The smallest absolute Gasteiger partial charge is 0.275 e. The molecule has 4 N–H and O–H groups in total. The van der Waals surface area contributed by atoms with E-state index in [4.69, 9.17) is 5.73 Å². The average Bonchev–Trinajstić information content (AvgIpc) is 3.21. The molecule has 4 rings (SSSR count). The lowest BCUT2D eigenvalue weighted by atomic mass is 9.98. The van der Waals surface area contributed by atoms with E-state index in [1.807, 2.05) is 0 Å². The van der Waals surface area contributed by atoms with E-state index in [0.717, 1.165) is 25.0 Å². The number of hydrogen-bond acceptors (Lipinski definition) is 8. The molecule has 0 spiro atoms. The van der Waals surface area contributed by atoms with Crippen molar-refractivity contribution in [2.75, 3.05) is 17.0 Å². The Morgan fingerprint density at radius 1 is 1.28 bits per heavy atom. The van der Waals surface area contributed by atoms with Crippen LogP contribution < -0.4 is 21.3 Å². The van der Waals surface area contributed by atoms with Crippen molar-refractivity contribution in [1.29, 1.82) is 0 Å². The van der Waals surface area contributed by atoms with Crippen LogP contribution in [0.5, 0.6) is 0 Å². The monoisotopic (exact) mass is 528 g/mol. The number of carbonyl (C=O) groups is 1. The van der Waals surface area contributed by atoms with Gasteiger partial charge in [-0.2, -0.15) is 0 Å². The number of rotatable bonds is 9. The van der Waals surface area contributed by atoms with Gasteiger partial charge in [-0.3, -0.25) is 19.3 Å². The number of pyridine rings is 1.